The summed E-state index contributed by atoms with van der Waals surface area (Å²) in [5.41, 5.74) is 7.31. The van der Waals surface area contributed by atoms with Gasteiger partial charge in [-0.05, 0) is 30.5 Å². The van der Waals surface area contributed by atoms with Gasteiger partial charge < -0.3 is 11.1 Å². The number of benzene rings is 1. The number of nitrogens with one attached hydrogen (secondary N) is 1. The van der Waals surface area contributed by atoms with Gasteiger partial charge in [-0.3, -0.25) is 0 Å². The smallest absolute Gasteiger partial charge is 0.150 e. The molecular weight excluding hydrogens is 224 g/mol. The zero-order valence-corrected chi connectivity index (χ0v) is 9.83. The lowest BCUT2D eigenvalue weighted by atomic mass is 10.1. The Hall–Kier alpha value is -1.23. The molecule has 0 bridgehead atoms. The normalized spacial score (nSPS) is 23.1. The third kappa shape index (κ3) is 2.88. The number of nitrogen functional groups attached to an aromatic ring is 1. The molecule has 1 aliphatic heterocycles. The number of hydrogen-bond acceptors (Lipinski definition) is 4. The second kappa shape index (κ2) is 4.33. The molecule has 1 saturated heterocycles. The van der Waals surface area contributed by atoms with Crippen molar-refractivity contribution in [1.82, 2.24) is 0 Å². The molecule has 88 valence electrons. The molecule has 4 nitrogen and oxygen atoms in total. The fourth-order valence-corrected chi connectivity index (χ4v) is 3.81. The molecule has 2 rings (SSSR count). The summed E-state index contributed by atoms with van der Waals surface area (Å²) in [5.74, 6) is 0.866. The van der Waals surface area contributed by atoms with E-state index in [0.717, 1.165) is 12.1 Å². The summed E-state index contributed by atoms with van der Waals surface area (Å²) >= 11 is 0. The Bertz CT molecular complexity index is 471. The van der Waals surface area contributed by atoms with Crippen LogP contribution in [0, 0.1) is 5.92 Å². The average Bonchev–Trinajstić information content (AvgIpc) is 2.56. The topological polar surface area (TPSA) is 72.2 Å². The minimum absolute atomic E-state index is 0.228. The molecule has 1 fully saturated rings. The number of sulfone groups is 1. The van der Waals surface area contributed by atoms with E-state index in [0.29, 0.717) is 23.7 Å². The minimum atomic E-state index is -2.77. The molecule has 0 aliphatic carbocycles. The molecule has 0 radical (unpaired) electrons. The zero-order valence-electron chi connectivity index (χ0n) is 9.02. The molecule has 16 heavy (non-hydrogen) atoms. The van der Waals surface area contributed by atoms with Crippen LogP contribution in [-0.4, -0.2) is 26.5 Å². The highest BCUT2D eigenvalue weighted by Crippen LogP contribution is 2.19. The van der Waals surface area contributed by atoms with Crippen LogP contribution in [0.3, 0.4) is 0 Å². The molecule has 1 aromatic carbocycles. The van der Waals surface area contributed by atoms with Gasteiger partial charge in [-0.15, -0.1) is 0 Å². The van der Waals surface area contributed by atoms with Gasteiger partial charge in [0.25, 0.3) is 0 Å². The van der Waals surface area contributed by atoms with Crippen molar-refractivity contribution in [1.29, 1.82) is 0 Å². The summed E-state index contributed by atoms with van der Waals surface area (Å²) in [5, 5.41) is 3.22. The molecule has 1 heterocycles. The molecule has 0 saturated carbocycles. The molecular formula is C11H16N2O2S. The summed E-state index contributed by atoms with van der Waals surface area (Å²) in [6, 6.07) is 7.48. The van der Waals surface area contributed by atoms with Gasteiger partial charge in [-0.25, -0.2) is 8.42 Å². The molecule has 5 heteroatoms. The Kier molecular flexibility index (Phi) is 3.05. The number of hydrogen-bond donors (Lipinski definition) is 2. The van der Waals surface area contributed by atoms with Crippen molar-refractivity contribution in [2.75, 3.05) is 29.1 Å². The van der Waals surface area contributed by atoms with Crippen molar-refractivity contribution in [3.8, 4) is 0 Å². The highest BCUT2D eigenvalue weighted by atomic mass is 32.2. The molecule has 1 aromatic rings. The van der Waals surface area contributed by atoms with Gasteiger partial charge in [0.05, 0.1) is 11.5 Å². The van der Waals surface area contributed by atoms with E-state index < -0.39 is 9.84 Å². The van der Waals surface area contributed by atoms with Crippen LogP contribution in [0.1, 0.15) is 6.42 Å². The van der Waals surface area contributed by atoms with Crippen LogP contribution in [-0.2, 0) is 9.84 Å². The van der Waals surface area contributed by atoms with E-state index in [4.69, 9.17) is 5.73 Å². The standard InChI is InChI=1S/C11H16N2O2S/c12-10-2-1-3-11(6-10)13-7-9-4-5-16(14,15)8-9/h1-3,6,9,13H,4-5,7-8,12H2. The van der Waals surface area contributed by atoms with E-state index in [9.17, 15) is 8.42 Å². The van der Waals surface area contributed by atoms with Crippen molar-refractivity contribution in [2.45, 2.75) is 6.42 Å². The monoisotopic (exact) mass is 240 g/mol. The van der Waals surface area contributed by atoms with Gasteiger partial charge in [0.1, 0.15) is 0 Å². The largest absolute Gasteiger partial charge is 0.399 e. The number of nitrogens with two attached hydrogens (primary N) is 1. The number of rotatable bonds is 3. The van der Waals surface area contributed by atoms with Gasteiger partial charge in [0.2, 0.25) is 0 Å². The second-order valence-corrected chi connectivity index (χ2v) is 6.50. The maximum atomic E-state index is 11.3. The lowest BCUT2D eigenvalue weighted by molar-refractivity contribution is 0.596. The number of anilines is 2. The summed E-state index contributed by atoms with van der Waals surface area (Å²) in [6.07, 6.45) is 0.762. The Morgan fingerprint density at radius 2 is 2.25 bits per heavy atom. The van der Waals surface area contributed by atoms with Crippen LogP contribution in [0.25, 0.3) is 0 Å². The first-order chi connectivity index (χ1) is 7.55. The fourth-order valence-electron chi connectivity index (χ4n) is 1.94. The maximum absolute atomic E-state index is 11.3. The highest BCUT2D eigenvalue weighted by Gasteiger charge is 2.27. The molecule has 3 N–H and O–H groups in total. The molecule has 1 unspecified atom stereocenters. The van der Waals surface area contributed by atoms with E-state index in [1.54, 1.807) is 0 Å². The van der Waals surface area contributed by atoms with E-state index in [2.05, 4.69) is 5.32 Å². The average molecular weight is 240 g/mol. The van der Waals surface area contributed by atoms with Crippen LogP contribution in [0.2, 0.25) is 0 Å². The van der Waals surface area contributed by atoms with E-state index >= 15 is 0 Å². The molecule has 1 aliphatic rings. The minimum Gasteiger partial charge on any atom is -0.399 e. The van der Waals surface area contributed by atoms with E-state index in [-0.39, 0.29) is 5.92 Å². The third-order valence-electron chi connectivity index (χ3n) is 2.81. The van der Waals surface area contributed by atoms with Crippen LogP contribution in [0.5, 0.6) is 0 Å². The Labute approximate surface area is 95.8 Å². The maximum Gasteiger partial charge on any atom is 0.150 e. The van der Waals surface area contributed by atoms with Gasteiger partial charge in [-0.2, -0.15) is 0 Å². The highest BCUT2D eigenvalue weighted by molar-refractivity contribution is 7.91. The predicted octanol–water partition coefficient (Wildman–Crippen LogP) is 1.12. The Morgan fingerprint density at radius 3 is 2.88 bits per heavy atom. The Balaban J connectivity index is 1.89. The molecule has 0 spiro atoms. The zero-order chi connectivity index (χ0) is 11.6. The first-order valence-corrected chi connectivity index (χ1v) is 7.17. The lowest BCUT2D eigenvalue weighted by Gasteiger charge is -2.11. The predicted molar refractivity (Wildman–Crippen MR) is 66.1 cm³/mol. The van der Waals surface area contributed by atoms with Crippen molar-refractivity contribution >= 4 is 21.2 Å². The van der Waals surface area contributed by atoms with Crippen LogP contribution in [0.4, 0.5) is 11.4 Å². The summed E-state index contributed by atoms with van der Waals surface area (Å²) in [7, 11) is -2.77. The van der Waals surface area contributed by atoms with E-state index in [1.165, 1.54) is 0 Å². The van der Waals surface area contributed by atoms with E-state index in [1.807, 2.05) is 24.3 Å². The summed E-state index contributed by atoms with van der Waals surface area (Å²) < 4.78 is 22.5. The second-order valence-electron chi connectivity index (χ2n) is 4.28. The van der Waals surface area contributed by atoms with Crippen LogP contribution < -0.4 is 11.1 Å². The summed E-state index contributed by atoms with van der Waals surface area (Å²) in [4.78, 5) is 0. The SMILES string of the molecule is Nc1cccc(NCC2CCS(=O)(=O)C2)c1. The van der Waals surface area contributed by atoms with Crippen LogP contribution in [0.15, 0.2) is 24.3 Å². The van der Waals surface area contributed by atoms with Gasteiger partial charge in [0.15, 0.2) is 9.84 Å². The molecule has 1 atom stereocenters. The van der Waals surface area contributed by atoms with Crippen molar-refractivity contribution < 1.29 is 8.42 Å². The van der Waals surface area contributed by atoms with Crippen LogP contribution >= 0.6 is 0 Å². The third-order valence-corrected chi connectivity index (χ3v) is 4.65. The quantitative estimate of drug-likeness (QED) is 0.776. The fraction of sp³-hybridized carbons (Fsp3) is 0.455. The first kappa shape index (κ1) is 11.3. The Morgan fingerprint density at radius 1 is 1.44 bits per heavy atom. The molecule has 0 amide bonds. The van der Waals surface area contributed by atoms with Crippen molar-refractivity contribution in [3.63, 3.8) is 0 Å². The van der Waals surface area contributed by atoms with Crippen molar-refractivity contribution in [3.05, 3.63) is 24.3 Å². The van der Waals surface area contributed by atoms with Gasteiger partial charge in [0, 0.05) is 17.9 Å². The molecule has 0 aromatic heterocycles. The van der Waals surface area contributed by atoms with Gasteiger partial charge >= 0.3 is 0 Å². The lowest BCUT2D eigenvalue weighted by Crippen LogP contribution is -2.15. The first-order valence-electron chi connectivity index (χ1n) is 5.35. The summed E-state index contributed by atoms with van der Waals surface area (Å²) in [6.45, 7) is 0.697. The van der Waals surface area contributed by atoms with Gasteiger partial charge in [-0.1, -0.05) is 6.07 Å². The van der Waals surface area contributed by atoms with Crippen molar-refractivity contribution in [2.24, 2.45) is 5.92 Å².